The molecule has 8 heteroatoms. The average Bonchev–Trinajstić information content (AvgIpc) is 2.43. The first-order valence-corrected chi connectivity index (χ1v) is 8.86. The molecule has 1 unspecified atom stereocenters. The lowest BCUT2D eigenvalue weighted by atomic mass is 10.1. The van der Waals surface area contributed by atoms with E-state index >= 15 is 0 Å². The van der Waals surface area contributed by atoms with Crippen LogP contribution in [0.4, 0.5) is 0 Å². The van der Waals surface area contributed by atoms with Crippen LogP contribution in [0.15, 0.2) is 47.4 Å². The van der Waals surface area contributed by atoms with E-state index < -0.39 is 13.8 Å². The van der Waals surface area contributed by atoms with Crippen molar-refractivity contribution in [3.05, 3.63) is 42.5 Å². The maximum atomic E-state index is 12.4. The molecule has 2 aromatic rings. The molecule has 6 nitrogen and oxygen atoms in total. The highest BCUT2D eigenvalue weighted by molar-refractivity contribution is 14.1. The van der Waals surface area contributed by atoms with Gasteiger partial charge in [-0.25, -0.2) is 0 Å². The second-order valence-electron chi connectivity index (χ2n) is 4.80. The van der Waals surface area contributed by atoms with Crippen molar-refractivity contribution < 1.29 is 17.5 Å². The number of carbonyl (C=O) groups is 1. The molecule has 0 aromatic heterocycles. The van der Waals surface area contributed by atoms with Crippen molar-refractivity contribution in [3.63, 3.8) is 0 Å². The van der Waals surface area contributed by atoms with Crippen molar-refractivity contribution in [2.24, 2.45) is 0 Å². The number of rotatable bonds is 5. The normalized spacial score (nSPS) is 14.5. The van der Waals surface area contributed by atoms with Crippen LogP contribution in [0.3, 0.4) is 0 Å². The summed E-state index contributed by atoms with van der Waals surface area (Å²) in [6.07, 6.45) is 0. The Hall–Kier alpha value is -1.23. The van der Waals surface area contributed by atoms with E-state index in [1.807, 2.05) is 40.8 Å². The second-order valence-corrected chi connectivity index (χ2v) is 8.47. The second kappa shape index (κ2) is 6.49. The molecule has 0 saturated heterocycles. The molecule has 0 aliphatic rings. The minimum atomic E-state index is -4.02. The maximum absolute atomic E-state index is 12.4. The van der Waals surface area contributed by atoms with Gasteiger partial charge in [-0.2, -0.15) is 12.7 Å². The van der Waals surface area contributed by atoms with Crippen molar-refractivity contribution in [2.45, 2.75) is 22.4 Å². The molecule has 0 aliphatic heterocycles. The van der Waals surface area contributed by atoms with Crippen LogP contribution in [0, 0.1) is 0 Å². The Morgan fingerprint density at radius 1 is 1.18 bits per heavy atom. The van der Waals surface area contributed by atoms with Crippen molar-refractivity contribution in [1.29, 1.82) is 0 Å². The molecular formula is C14H15IN2O4S. The Kier molecular flexibility index (Phi) is 5.05. The van der Waals surface area contributed by atoms with Gasteiger partial charge in [0, 0.05) is 12.3 Å². The topological polar surface area (TPSA) is 84.5 Å². The predicted molar refractivity (Wildman–Crippen MR) is 91.6 cm³/mol. The molecule has 2 aromatic carbocycles. The fourth-order valence-electron chi connectivity index (χ4n) is 1.95. The van der Waals surface area contributed by atoms with E-state index in [1.54, 1.807) is 25.1 Å². The fourth-order valence-corrected chi connectivity index (χ4v) is 3.65. The van der Waals surface area contributed by atoms with Gasteiger partial charge in [0.15, 0.2) is 3.67 Å². The smallest absolute Gasteiger partial charge is 0.313 e. The van der Waals surface area contributed by atoms with Crippen molar-refractivity contribution in [1.82, 2.24) is 10.8 Å². The number of hydroxylamine groups is 1. The van der Waals surface area contributed by atoms with E-state index in [9.17, 15) is 13.2 Å². The Morgan fingerprint density at radius 2 is 1.82 bits per heavy atom. The average molecular weight is 434 g/mol. The van der Waals surface area contributed by atoms with Crippen molar-refractivity contribution in [2.75, 3.05) is 0 Å². The summed E-state index contributed by atoms with van der Waals surface area (Å²) in [5, 5.41) is 3.90. The molecule has 0 heterocycles. The SMILES string of the molecule is CC(=O)NC(C)(I)NOS(=O)(=O)c1cccc2ccccc12. The van der Waals surface area contributed by atoms with Crippen LogP contribution in [0.2, 0.25) is 0 Å². The number of hydrogen-bond acceptors (Lipinski definition) is 5. The highest BCUT2D eigenvalue weighted by Crippen LogP contribution is 2.24. The molecule has 0 spiro atoms. The van der Waals surface area contributed by atoms with Gasteiger partial charge in [-0.1, -0.05) is 36.4 Å². The van der Waals surface area contributed by atoms with E-state index in [2.05, 4.69) is 10.8 Å². The van der Waals surface area contributed by atoms with Gasteiger partial charge < -0.3 is 5.32 Å². The fraction of sp³-hybridized carbons (Fsp3) is 0.214. The first-order chi connectivity index (χ1) is 10.2. The number of nitrogens with one attached hydrogen (secondary N) is 2. The Labute approximate surface area is 142 Å². The van der Waals surface area contributed by atoms with Crippen molar-refractivity contribution >= 4 is 49.4 Å². The number of alkyl halides is 1. The van der Waals surface area contributed by atoms with Crippen LogP contribution >= 0.6 is 22.6 Å². The molecule has 0 saturated carbocycles. The monoisotopic (exact) mass is 434 g/mol. The van der Waals surface area contributed by atoms with Gasteiger partial charge in [-0.15, -0.1) is 5.48 Å². The number of hydrogen-bond donors (Lipinski definition) is 2. The number of carbonyl (C=O) groups excluding carboxylic acids is 1. The van der Waals surface area contributed by atoms with Gasteiger partial charge in [0.1, 0.15) is 4.90 Å². The van der Waals surface area contributed by atoms with Gasteiger partial charge in [0.2, 0.25) is 5.91 Å². The standard InChI is InChI=1S/C14H15IN2O4S/c1-10(18)16-14(2,15)17-21-22(19,20)13-9-5-7-11-6-3-4-8-12(11)13/h3-9,17H,1-2H3,(H,16,18). The molecule has 1 amide bonds. The summed E-state index contributed by atoms with van der Waals surface area (Å²) in [6, 6.07) is 12.1. The zero-order valence-electron chi connectivity index (χ0n) is 12.0. The van der Waals surface area contributed by atoms with Gasteiger partial charge in [-0.05, 0) is 41.0 Å². The van der Waals surface area contributed by atoms with Crippen LogP contribution in [0.1, 0.15) is 13.8 Å². The first kappa shape index (κ1) is 17.1. The van der Waals surface area contributed by atoms with E-state index in [0.29, 0.717) is 5.39 Å². The summed E-state index contributed by atoms with van der Waals surface area (Å²) in [5.74, 6) is -0.310. The molecule has 0 bridgehead atoms. The van der Waals surface area contributed by atoms with Crippen LogP contribution in [-0.4, -0.2) is 18.0 Å². The number of benzene rings is 2. The van der Waals surface area contributed by atoms with E-state index in [-0.39, 0.29) is 10.8 Å². The van der Waals surface area contributed by atoms with E-state index in [1.165, 1.54) is 13.0 Å². The highest BCUT2D eigenvalue weighted by Gasteiger charge is 2.26. The molecule has 1 atom stereocenters. The van der Waals surface area contributed by atoms with Crippen molar-refractivity contribution in [3.8, 4) is 0 Å². The Bertz CT molecular complexity index is 800. The summed E-state index contributed by atoms with van der Waals surface area (Å²) in [7, 11) is -4.02. The summed E-state index contributed by atoms with van der Waals surface area (Å²) >= 11 is 1.84. The number of halogens is 1. The Morgan fingerprint density at radius 3 is 2.50 bits per heavy atom. The Balaban J connectivity index is 2.28. The van der Waals surface area contributed by atoms with Gasteiger partial charge >= 0.3 is 10.1 Å². The minimum Gasteiger partial charge on any atom is -0.328 e. The van der Waals surface area contributed by atoms with Crippen LogP contribution in [0.25, 0.3) is 10.8 Å². The third-order valence-electron chi connectivity index (χ3n) is 2.77. The van der Waals surface area contributed by atoms with Crippen LogP contribution in [0.5, 0.6) is 0 Å². The first-order valence-electron chi connectivity index (χ1n) is 6.37. The zero-order valence-corrected chi connectivity index (χ0v) is 14.9. The number of amides is 1. The van der Waals surface area contributed by atoms with Gasteiger partial charge in [0.25, 0.3) is 0 Å². The largest absolute Gasteiger partial charge is 0.328 e. The molecule has 0 radical (unpaired) electrons. The quantitative estimate of drug-likeness (QED) is 0.248. The maximum Gasteiger partial charge on any atom is 0.313 e. The van der Waals surface area contributed by atoms with E-state index in [4.69, 9.17) is 4.28 Å². The molecular weight excluding hydrogens is 419 g/mol. The minimum absolute atomic E-state index is 0.0631. The third kappa shape index (κ3) is 4.15. The molecule has 0 fully saturated rings. The summed E-state index contributed by atoms with van der Waals surface area (Å²) in [5.41, 5.74) is 2.36. The lowest BCUT2D eigenvalue weighted by Gasteiger charge is -2.23. The summed E-state index contributed by atoms with van der Waals surface area (Å²) in [6.45, 7) is 2.91. The molecule has 2 rings (SSSR count). The van der Waals surface area contributed by atoms with Gasteiger partial charge in [-0.3, -0.25) is 4.79 Å². The molecule has 22 heavy (non-hydrogen) atoms. The lowest BCUT2D eigenvalue weighted by molar-refractivity contribution is -0.120. The van der Waals surface area contributed by atoms with E-state index in [0.717, 1.165) is 5.39 Å². The third-order valence-corrected chi connectivity index (χ3v) is 4.46. The molecule has 0 aliphatic carbocycles. The van der Waals surface area contributed by atoms with Crippen LogP contribution < -0.4 is 10.8 Å². The van der Waals surface area contributed by atoms with Gasteiger partial charge in [0.05, 0.1) is 0 Å². The summed E-state index contributed by atoms with van der Waals surface area (Å²) < 4.78 is 28.6. The van der Waals surface area contributed by atoms with Crippen LogP contribution in [-0.2, 0) is 19.2 Å². The predicted octanol–water partition coefficient (Wildman–Crippen LogP) is 2.29. The lowest BCUT2D eigenvalue weighted by Crippen LogP contribution is -2.51. The summed E-state index contributed by atoms with van der Waals surface area (Å²) in [4.78, 5) is 11.1. The molecule has 2 N–H and O–H groups in total. The number of fused-ring (bicyclic) bond motifs is 1. The highest BCUT2D eigenvalue weighted by atomic mass is 127. The molecule has 118 valence electrons. The zero-order chi connectivity index (χ0) is 16.4.